The van der Waals surface area contributed by atoms with Crippen molar-refractivity contribution < 1.29 is 14.1 Å². The number of hydrogen-bond acceptors (Lipinski definition) is 6. The number of nitrogens with zero attached hydrogens (tertiary/aromatic N) is 2. The smallest absolute Gasteiger partial charge is 0.268 e. The molecule has 3 rings (SSSR count). The molecule has 0 bridgehead atoms. The van der Waals surface area contributed by atoms with Gasteiger partial charge in [0.2, 0.25) is 0 Å². The Kier molecular flexibility index (Phi) is 5.12. The van der Waals surface area contributed by atoms with E-state index in [2.05, 4.69) is 15.5 Å². The van der Waals surface area contributed by atoms with Crippen LogP contribution in [-0.2, 0) is 11.3 Å². The fourth-order valence-corrected chi connectivity index (χ4v) is 2.76. The molecule has 2 heterocycles. The Morgan fingerprint density at radius 3 is 3.04 bits per heavy atom. The van der Waals surface area contributed by atoms with Gasteiger partial charge in [0.05, 0.1) is 11.4 Å². The van der Waals surface area contributed by atoms with Gasteiger partial charge in [0.15, 0.2) is 11.9 Å². The molecule has 2 aromatic heterocycles. The first-order valence-corrected chi connectivity index (χ1v) is 8.44. The molecule has 0 aliphatic carbocycles. The van der Waals surface area contributed by atoms with E-state index in [0.29, 0.717) is 22.5 Å². The zero-order valence-corrected chi connectivity index (χ0v) is 14.3. The van der Waals surface area contributed by atoms with Crippen LogP contribution in [0.1, 0.15) is 12.7 Å². The van der Waals surface area contributed by atoms with Crippen molar-refractivity contribution in [2.24, 2.45) is 0 Å². The van der Waals surface area contributed by atoms with Gasteiger partial charge in [0, 0.05) is 5.02 Å². The van der Waals surface area contributed by atoms with Crippen molar-refractivity contribution in [1.29, 1.82) is 0 Å². The summed E-state index contributed by atoms with van der Waals surface area (Å²) in [6, 6.07) is 10.7. The summed E-state index contributed by atoms with van der Waals surface area (Å²) in [6.07, 6.45) is -0.674. The summed E-state index contributed by atoms with van der Waals surface area (Å²) in [5.41, 5.74) is 0. The second kappa shape index (κ2) is 7.46. The van der Waals surface area contributed by atoms with E-state index in [0.717, 1.165) is 4.88 Å². The third-order valence-electron chi connectivity index (χ3n) is 3.10. The molecular formula is C16H14ClN3O3S. The zero-order valence-electron chi connectivity index (χ0n) is 12.7. The summed E-state index contributed by atoms with van der Waals surface area (Å²) in [5.74, 6) is 1.10. The van der Waals surface area contributed by atoms with Crippen LogP contribution in [0.25, 0.3) is 10.8 Å². The molecule has 0 radical (unpaired) electrons. The molecule has 0 spiro atoms. The molecule has 1 aromatic carbocycles. The highest BCUT2D eigenvalue weighted by molar-refractivity contribution is 7.13. The topological polar surface area (TPSA) is 77.2 Å². The van der Waals surface area contributed by atoms with Crippen molar-refractivity contribution in [2.45, 2.75) is 19.6 Å². The number of nitrogens with one attached hydrogen (secondary N) is 1. The van der Waals surface area contributed by atoms with Gasteiger partial charge in [0.25, 0.3) is 11.8 Å². The van der Waals surface area contributed by atoms with Crippen LogP contribution in [0.15, 0.2) is 46.3 Å². The highest BCUT2D eigenvalue weighted by Gasteiger charge is 2.16. The lowest BCUT2D eigenvalue weighted by Gasteiger charge is -2.14. The van der Waals surface area contributed by atoms with Crippen LogP contribution >= 0.6 is 22.9 Å². The molecule has 6 nitrogen and oxygen atoms in total. The maximum atomic E-state index is 12.1. The number of carbonyl (C=O) groups excluding carboxylic acids is 1. The van der Waals surface area contributed by atoms with E-state index in [-0.39, 0.29) is 12.5 Å². The number of thiophene rings is 1. The van der Waals surface area contributed by atoms with E-state index in [1.807, 2.05) is 17.5 Å². The summed E-state index contributed by atoms with van der Waals surface area (Å²) in [5, 5.41) is 9.04. The lowest BCUT2D eigenvalue weighted by Crippen LogP contribution is -2.36. The largest absolute Gasteiger partial charge is 0.481 e. The average molecular weight is 364 g/mol. The highest BCUT2D eigenvalue weighted by atomic mass is 35.5. The SMILES string of the molecule is C[C@H](Oc1cccc(Cl)c1)C(=O)NCc1noc(-c2cccs2)n1. The minimum atomic E-state index is -0.674. The van der Waals surface area contributed by atoms with Crippen molar-refractivity contribution in [3.05, 3.63) is 52.6 Å². The zero-order chi connectivity index (χ0) is 16.9. The number of ether oxygens (including phenoxy) is 1. The van der Waals surface area contributed by atoms with E-state index in [4.69, 9.17) is 20.9 Å². The minimum absolute atomic E-state index is 0.164. The van der Waals surface area contributed by atoms with Gasteiger partial charge in [-0.15, -0.1) is 11.3 Å². The van der Waals surface area contributed by atoms with Crippen molar-refractivity contribution in [2.75, 3.05) is 0 Å². The quantitative estimate of drug-likeness (QED) is 0.724. The molecule has 0 saturated heterocycles. The monoisotopic (exact) mass is 363 g/mol. The van der Waals surface area contributed by atoms with Crippen LogP contribution in [0.3, 0.4) is 0 Å². The van der Waals surface area contributed by atoms with E-state index >= 15 is 0 Å². The molecule has 1 N–H and O–H groups in total. The van der Waals surface area contributed by atoms with Gasteiger partial charge >= 0.3 is 0 Å². The van der Waals surface area contributed by atoms with Crippen molar-refractivity contribution in [3.8, 4) is 16.5 Å². The van der Waals surface area contributed by atoms with Gasteiger partial charge in [-0.1, -0.05) is 28.9 Å². The van der Waals surface area contributed by atoms with Crippen LogP contribution in [0, 0.1) is 0 Å². The van der Waals surface area contributed by atoms with E-state index in [1.165, 1.54) is 11.3 Å². The van der Waals surface area contributed by atoms with Crippen LogP contribution in [0.4, 0.5) is 0 Å². The molecule has 0 saturated carbocycles. The predicted molar refractivity (Wildman–Crippen MR) is 91.0 cm³/mol. The minimum Gasteiger partial charge on any atom is -0.481 e. The summed E-state index contributed by atoms with van der Waals surface area (Å²) in [6.45, 7) is 1.82. The number of amides is 1. The maximum Gasteiger partial charge on any atom is 0.268 e. The molecule has 3 aromatic rings. The van der Waals surface area contributed by atoms with Gasteiger partial charge < -0.3 is 14.6 Å². The van der Waals surface area contributed by atoms with E-state index in [1.54, 1.807) is 31.2 Å². The molecule has 0 fully saturated rings. The molecule has 8 heteroatoms. The van der Waals surface area contributed by atoms with E-state index < -0.39 is 6.10 Å². The molecule has 0 unspecified atom stereocenters. The molecule has 1 amide bonds. The van der Waals surface area contributed by atoms with Gasteiger partial charge in [-0.25, -0.2) is 0 Å². The third kappa shape index (κ3) is 4.12. The highest BCUT2D eigenvalue weighted by Crippen LogP contribution is 2.22. The van der Waals surface area contributed by atoms with Gasteiger partial charge in [-0.05, 0) is 36.6 Å². The molecular weight excluding hydrogens is 350 g/mol. The molecule has 124 valence electrons. The summed E-state index contributed by atoms with van der Waals surface area (Å²) < 4.78 is 10.7. The molecule has 0 aliphatic rings. The number of hydrogen-bond donors (Lipinski definition) is 1. The van der Waals surface area contributed by atoms with Gasteiger partial charge in [-0.3, -0.25) is 4.79 Å². The molecule has 24 heavy (non-hydrogen) atoms. The van der Waals surface area contributed by atoms with Crippen LogP contribution < -0.4 is 10.1 Å². The Morgan fingerprint density at radius 1 is 1.42 bits per heavy atom. The standard InChI is InChI=1S/C16H14ClN3O3S/c1-10(22-12-5-2-4-11(17)8-12)15(21)18-9-14-19-16(23-20-14)13-6-3-7-24-13/h2-8,10H,9H2,1H3,(H,18,21)/t10-/m0/s1. The first-order valence-electron chi connectivity index (χ1n) is 7.18. The Labute approximate surface area is 147 Å². The Balaban J connectivity index is 1.53. The lowest BCUT2D eigenvalue weighted by molar-refractivity contribution is -0.127. The second-order valence-electron chi connectivity index (χ2n) is 4.93. The summed E-state index contributed by atoms with van der Waals surface area (Å²) in [4.78, 5) is 17.2. The number of rotatable bonds is 6. The number of aromatic nitrogens is 2. The number of benzene rings is 1. The Hall–Kier alpha value is -2.38. The summed E-state index contributed by atoms with van der Waals surface area (Å²) in [7, 11) is 0. The normalized spacial score (nSPS) is 11.9. The van der Waals surface area contributed by atoms with E-state index in [9.17, 15) is 4.79 Å². The lowest BCUT2D eigenvalue weighted by atomic mass is 10.3. The summed E-state index contributed by atoms with van der Waals surface area (Å²) >= 11 is 7.39. The first-order chi connectivity index (χ1) is 11.6. The second-order valence-corrected chi connectivity index (χ2v) is 6.31. The maximum absolute atomic E-state index is 12.1. The number of halogens is 1. The third-order valence-corrected chi connectivity index (χ3v) is 4.19. The van der Waals surface area contributed by atoms with Crippen molar-refractivity contribution >= 4 is 28.8 Å². The van der Waals surface area contributed by atoms with Gasteiger partial charge in [0.1, 0.15) is 5.75 Å². The molecule has 0 aliphatic heterocycles. The number of carbonyl (C=O) groups is 1. The van der Waals surface area contributed by atoms with Crippen LogP contribution in [0.5, 0.6) is 5.75 Å². The van der Waals surface area contributed by atoms with Crippen molar-refractivity contribution in [1.82, 2.24) is 15.5 Å². The average Bonchev–Trinajstić information content (AvgIpc) is 3.23. The molecule has 1 atom stereocenters. The van der Waals surface area contributed by atoms with Crippen molar-refractivity contribution in [3.63, 3.8) is 0 Å². The van der Waals surface area contributed by atoms with Gasteiger partial charge in [-0.2, -0.15) is 4.98 Å². The fraction of sp³-hybridized carbons (Fsp3) is 0.188. The van der Waals surface area contributed by atoms with Crippen LogP contribution in [-0.4, -0.2) is 22.2 Å². The fourth-order valence-electron chi connectivity index (χ4n) is 1.93. The predicted octanol–water partition coefficient (Wildman–Crippen LogP) is 3.54. The Morgan fingerprint density at radius 2 is 2.29 bits per heavy atom. The van der Waals surface area contributed by atoms with Crippen LogP contribution in [0.2, 0.25) is 5.02 Å². The first kappa shape index (κ1) is 16.5. The Bertz CT molecular complexity index is 820.